The summed E-state index contributed by atoms with van der Waals surface area (Å²) in [5, 5.41) is 5.62. The van der Waals surface area contributed by atoms with Gasteiger partial charge >= 0.3 is 6.18 Å². The molecule has 102 valence electrons. The maximum atomic E-state index is 12.5. The van der Waals surface area contributed by atoms with Crippen LogP contribution < -0.4 is 5.32 Å². The molecule has 0 aliphatic heterocycles. The first-order chi connectivity index (χ1) is 8.23. The van der Waals surface area contributed by atoms with Crippen molar-refractivity contribution in [2.75, 3.05) is 6.54 Å². The van der Waals surface area contributed by atoms with Gasteiger partial charge in [-0.1, -0.05) is 11.6 Å². The number of nitrogens with zero attached hydrogens (tertiary/aromatic N) is 2. The summed E-state index contributed by atoms with van der Waals surface area (Å²) in [7, 11) is 0. The number of nitrogens with one attached hydrogen (secondary N) is 1. The summed E-state index contributed by atoms with van der Waals surface area (Å²) in [6.45, 7) is 3.50. The maximum absolute atomic E-state index is 12.5. The summed E-state index contributed by atoms with van der Waals surface area (Å²) in [4.78, 5) is 10.6. The lowest BCUT2D eigenvalue weighted by Gasteiger charge is -2.05. The summed E-state index contributed by atoms with van der Waals surface area (Å²) in [6, 6.07) is 0. The Kier molecular flexibility index (Phi) is 4.61. The highest BCUT2D eigenvalue weighted by Crippen LogP contribution is 2.35. The summed E-state index contributed by atoms with van der Waals surface area (Å²) in [6.07, 6.45) is -4.07. The van der Waals surface area contributed by atoms with Gasteiger partial charge in [0.15, 0.2) is 5.69 Å². The monoisotopic (exact) mass is 283 g/mol. The molecule has 0 aliphatic rings. The van der Waals surface area contributed by atoms with Crippen molar-refractivity contribution < 1.29 is 18.0 Å². The van der Waals surface area contributed by atoms with Crippen molar-refractivity contribution in [3.05, 3.63) is 16.4 Å². The van der Waals surface area contributed by atoms with Crippen LogP contribution in [0.1, 0.15) is 24.7 Å². The van der Waals surface area contributed by atoms with E-state index in [0.29, 0.717) is 13.0 Å². The molecule has 0 unspecified atom stereocenters. The molecular formula is C10H13ClF3N3O. The molecule has 8 heteroatoms. The number of halogens is 4. The van der Waals surface area contributed by atoms with Crippen LogP contribution in [0.3, 0.4) is 0 Å². The van der Waals surface area contributed by atoms with Crippen LogP contribution in [0.4, 0.5) is 13.2 Å². The molecule has 1 aromatic heterocycles. The second-order valence-electron chi connectivity index (χ2n) is 3.81. The third-order valence-corrected chi connectivity index (χ3v) is 2.78. The van der Waals surface area contributed by atoms with E-state index in [2.05, 4.69) is 10.4 Å². The van der Waals surface area contributed by atoms with E-state index in [1.54, 1.807) is 0 Å². The molecule has 1 N–H and O–H groups in total. The van der Waals surface area contributed by atoms with Gasteiger partial charge in [-0.05, 0) is 13.3 Å². The molecule has 0 saturated heterocycles. The number of hydrogen-bond acceptors (Lipinski definition) is 2. The molecule has 1 amide bonds. The van der Waals surface area contributed by atoms with E-state index < -0.39 is 11.9 Å². The minimum Gasteiger partial charge on any atom is -0.356 e. The zero-order valence-electron chi connectivity index (χ0n) is 9.94. The van der Waals surface area contributed by atoms with Gasteiger partial charge < -0.3 is 5.32 Å². The Morgan fingerprint density at radius 2 is 2.11 bits per heavy atom. The largest absolute Gasteiger partial charge is 0.436 e. The Morgan fingerprint density at radius 1 is 1.50 bits per heavy atom. The summed E-state index contributed by atoms with van der Waals surface area (Å²) < 4.78 is 38.8. The van der Waals surface area contributed by atoms with Crippen molar-refractivity contribution in [2.45, 2.75) is 33.0 Å². The smallest absolute Gasteiger partial charge is 0.356 e. The van der Waals surface area contributed by atoms with Gasteiger partial charge in [0.2, 0.25) is 5.91 Å². The van der Waals surface area contributed by atoms with E-state index in [-0.39, 0.29) is 23.2 Å². The first-order valence-electron chi connectivity index (χ1n) is 5.28. The van der Waals surface area contributed by atoms with Crippen LogP contribution in [0.25, 0.3) is 0 Å². The molecule has 0 atom stereocenters. The fourth-order valence-corrected chi connectivity index (χ4v) is 1.66. The van der Waals surface area contributed by atoms with E-state index in [9.17, 15) is 18.0 Å². The number of aromatic nitrogens is 2. The lowest BCUT2D eigenvalue weighted by molar-refractivity contribution is -0.141. The van der Waals surface area contributed by atoms with Gasteiger partial charge in [0.25, 0.3) is 0 Å². The molecule has 0 spiro atoms. The summed E-state index contributed by atoms with van der Waals surface area (Å²) in [5.41, 5.74) is -0.798. The normalized spacial score (nSPS) is 11.7. The number of aryl methyl sites for hydroxylation is 1. The highest BCUT2D eigenvalue weighted by molar-refractivity contribution is 6.31. The average molecular weight is 284 g/mol. The first kappa shape index (κ1) is 14.8. The third-order valence-electron chi connectivity index (χ3n) is 2.32. The van der Waals surface area contributed by atoms with E-state index in [0.717, 1.165) is 0 Å². The molecule has 1 heterocycles. The second kappa shape index (κ2) is 5.60. The highest BCUT2D eigenvalue weighted by atomic mass is 35.5. The van der Waals surface area contributed by atoms with E-state index in [4.69, 9.17) is 11.6 Å². The fraction of sp³-hybridized carbons (Fsp3) is 0.600. The third kappa shape index (κ3) is 3.63. The highest BCUT2D eigenvalue weighted by Gasteiger charge is 2.38. The molecule has 1 aromatic rings. The van der Waals surface area contributed by atoms with Crippen LogP contribution in [-0.2, 0) is 17.5 Å². The van der Waals surface area contributed by atoms with Gasteiger partial charge in [-0.3, -0.25) is 9.48 Å². The molecule has 0 saturated carbocycles. The Labute approximate surface area is 107 Å². The SMILES string of the molecule is CC(=O)NCCCn1nc(C(F)(F)F)c(Cl)c1C. The van der Waals surface area contributed by atoms with Crippen molar-refractivity contribution >= 4 is 17.5 Å². The van der Waals surface area contributed by atoms with Crippen LogP contribution in [0.5, 0.6) is 0 Å². The minimum atomic E-state index is -4.55. The molecule has 0 bridgehead atoms. The zero-order valence-corrected chi connectivity index (χ0v) is 10.7. The number of carbonyl (C=O) groups is 1. The lowest BCUT2D eigenvalue weighted by atomic mass is 10.3. The summed E-state index contributed by atoms with van der Waals surface area (Å²) in [5.74, 6) is -0.179. The van der Waals surface area contributed by atoms with E-state index in [1.165, 1.54) is 18.5 Å². The topological polar surface area (TPSA) is 46.9 Å². The van der Waals surface area contributed by atoms with Crippen molar-refractivity contribution in [2.24, 2.45) is 0 Å². The van der Waals surface area contributed by atoms with Crippen LogP contribution in [0.2, 0.25) is 5.02 Å². The Balaban J connectivity index is 2.70. The number of alkyl halides is 3. The Morgan fingerprint density at radius 3 is 2.56 bits per heavy atom. The molecule has 18 heavy (non-hydrogen) atoms. The van der Waals surface area contributed by atoms with Gasteiger partial charge in [-0.15, -0.1) is 0 Å². The number of amides is 1. The van der Waals surface area contributed by atoms with Crippen LogP contribution in [-0.4, -0.2) is 22.2 Å². The van der Waals surface area contributed by atoms with Gasteiger partial charge in [-0.2, -0.15) is 18.3 Å². The summed E-state index contributed by atoms with van der Waals surface area (Å²) >= 11 is 5.59. The predicted molar refractivity (Wildman–Crippen MR) is 60.3 cm³/mol. The van der Waals surface area contributed by atoms with Gasteiger partial charge in [0.05, 0.1) is 10.7 Å². The Bertz CT molecular complexity index is 442. The first-order valence-corrected chi connectivity index (χ1v) is 5.66. The number of hydrogen-bond donors (Lipinski definition) is 1. The number of rotatable bonds is 4. The minimum absolute atomic E-state index is 0.179. The molecule has 4 nitrogen and oxygen atoms in total. The molecule has 0 radical (unpaired) electrons. The number of carbonyl (C=O) groups excluding carboxylic acids is 1. The standard InChI is InChI=1S/C10H13ClF3N3O/c1-6-8(11)9(10(12,13)14)16-17(6)5-3-4-15-7(2)18/h3-5H2,1-2H3,(H,15,18). The van der Waals surface area contributed by atoms with Crippen LogP contribution in [0.15, 0.2) is 0 Å². The van der Waals surface area contributed by atoms with Crippen molar-refractivity contribution in [1.29, 1.82) is 0 Å². The molecule has 1 rings (SSSR count). The second-order valence-corrected chi connectivity index (χ2v) is 4.18. The Hall–Kier alpha value is -1.24. The van der Waals surface area contributed by atoms with Crippen molar-refractivity contribution in [1.82, 2.24) is 15.1 Å². The molecule has 0 aliphatic carbocycles. The van der Waals surface area contributed by atoms with E-state index in [1.807, 2.05) is 0 Å². The van der Waals surface area contributed by atoms with E-state index >= 15 is 0 Å². The fourth-order valence-electron chi connectivity index (χ4n) is 1.42. The lowest BCUT2D eigenvalue weighted by Crippen LogP contribution is -2.22. The zero-order chi connectivity index (χ0) is 13.9. The van der Waals surface area contributed by atoms with Gasteiger partial charge in [0.1, 0.15) is 0 Å². The van der Waals surface area contributed by atoms with Crippen molar-refractivity contribution in [3.63, 3.8) is 0 Å². The molecule has 0 aromatic carbocycles. The molecular weight excluding hydrogens is 271 g/mol. The quantitative estimate of drug-likeness (QED) is 0.863. The van der Waals surface area contributed by atoms with Gasteiger partial charge in [-0.25, -0.2) is 0 Å². The van der Waals surface area contributed by atoms with Gasteiger partial charge in [0, 0.05) is 20.0 Å². The van der Waals surface area contributed by atoms with Crippen LogP contribution >= 0.6 is 11.6 Å². The van der Waals surface area contributed by atoms with Crippen molar-refractivity contribution in [3.8, 4) is 0 Å². The molecule has 0 fully saturated rings. The maximum Gasteiger partial charge on any atom is 0.436 e. The average Bonchev–Trinajstić information content (AvgIpc) is 2.51. The predicted octanol–water partition coefficient (Wildman–Crippen LogP) is 2.39. The van der Waals surface area contributed by atoms with Crippen LogP contribution in [0, 0.1) is 6.92 Å².